The number of methoxy groups -OCH3 is 1. The highest BCUT2D eigenvalue weighted by Gasteiger charge is 2.08. The summed E-state index contributed by atoms with van der Waals surface area (Å²) in [5.74, 6) is 1.21. The highest BCUT2D eigenvalue weighted by Crippen LogP contribution is 2.28. The van der Waals surface area contributed by atoms with E-state index in [2.05, 4.69) is 0 Å². The highest BCUT2D eigenvalue weighted by molar-refractivity contribution is 7.80. The van der Waals surface area contributed by atoms with Gasteiger partial charge >= 0.3 is 0 Å². The van der Waals surface area contributed by atoms with E-state index in [0.717, 1.165) is 5.56 Å². The third kappa shape index (κ3) is 4.00. The van der Waals surface area contributed by atoms with Crippen molar-refractivity contribution < 1.29 is 9.47 Å². The fourth-order valence-corrected chi connectivity index (χ4v) is 2.23. The topological polar surface area (TPSA) is 44.5 Å². The zero-order valence-electron chi connectivity index (χ0n) is 11.2. The summed E-state index contributed by atoms with van der Waals surface area (Å²) in [5.41, 5.74) is 7.11. The van der Waals surface area contributed by atoms with Gasteiger partial charge in [0.1, 0.15) is 23.1 Å². The average molecular weight is 342 g/mol. The van der Waals surface area contributed by atoms with E-state index in [0.29, 0.717) is 27.1 Å². The van der Waals surface area contributed by atoms with Crippen molar-refractivity contribution in [2.75, 3.05) is 7.11 Å². The van der Waals surface area contributed by atoms with Crippen molar-refractivity contribution in [3.8, 4) is 11.5 Å². The van der Waals surface area contributed by atoms with Crippen LogP contribution in [0.2, 0.25) is 10.0 Å². The molecule has 0 atom stereocenters. The van der Waals surface area contributed by atoms with Crippen LogP contribution < -0.4 is 15.2 Å². The van der Waals surface area contributed by atoms with Crippen LogP contribution in [0.15, 0.2) is 36.4 Å². The maximum Gasteiger partial charge on any atom is 0.124 e. The molecule has 0 saturated heterocycles. The molecule has 2 rings (SSSR count). The van der Waals surface area contributed by atoms with Crippen LogP contribution in [-0.4, -0.2) is 12.1 Å². The van der Waals surface area contributed by atoms with E-state index >= 15 is 0 Å². The lowest BCUT2D eigenvalue weighted by Crippen LogP contribution is -2.10. The molecule has 0 radical (unpaired) electrons. The SMILES string of the molecule is COc1cc(OCc2cccc(Cl)c2Cl)cc(C(N)=S)c1. The van der Waals surface area contributed by atoms with Crippen LogP contribution in [0.25, 0.3) is 0 Å². The van der Waals surface area contributed by atoms with Crippen molar-refractivity contribution in [2.45, 2.75) is 6.61 Å². The van der Waals surface area contributed by atoms with Gasteiger partial charge in [0.2, 0.25) is 0 Å². The summed E-state index contributed by atoms with van der Waals surface area (Å²) in [6.45, 7) is 0.281. The predicted molar refractivity (Wildman–Crippen MR) is 89.7 cm³/mol. The molecule has 0 bridgehead atoms. The zero-order valence-corrected chi connectivity index (χ0v) is 13.6. The predicted octanol–water partition coefficient (Wildman–Crippen LogP) is 4.22. The van der Waals surface area contributed by atoms with Crippen molar-refractivity contribution >= 4 is 40.4 Å². The number of ether oxygens (including phenoxy) is 2. The standard InChI is InChI=1S/C15H13Cl2NO2S/c1-19-11-5-10(15(18)21)6-12(7-11)20-8-9-3-2-4-13(16)14(9)17/h2-7H,8H2,1H3,(H2,18,21). The van der Waals surface area contributed by atoms with Crippen LogP contribution in [0.4, 0.5) is 0 Å². The summed E-state index contributed by atoms with van der Waals surface area (Å²) in [7, 11) is 1.57. The minimum absolute atomic E-state index is 0.277. The molecule has 0 aromatic heterocycles. The molecule has 110 valence electrons. The van der Waals surface area contributed by atoms with Crippen molar-refractivity contribution in [1.29, 1.82) is 0 Å². The van der Waals surface area contributed by atoms with Crippen LogP contribution in [0.1, 0.15) is 11.1 Å². The van der Waals surface area contributed by atoms with E-state index in [1.54, 1.807) is 31.4 Å². The molecule has 0 aliphatic heterocycles. The Morgan fingerprint density at radius 2 is 1.90 bits per heavy atom. The van der Waals surface area contributed by atoms with Gasteiger partial charge in [-0.05, 0) is 18.2 Å². The summed E-state index contributed by atoms with van der Waals surface area (Å²) in [6, 6.07) is 10.6. The minimum atomic E-state index is 0.277. The first kappa shape index (κ1) is 15.9. The number of hydrogen-bond acceptors (Lipinski definition) is 3. The Labute approximate surface area is 138 Å². The zero-order chi connectivity index (χ0) is 15.4. The lowest BCUT2D eigenvalue weighted by molar-refractivity contribution is 0.303. The van der Waals surface area contributed by atoms with Crippen LogP contribution in [0, 0.1) is 0 Å². The van der Waals surface area contributed by atoms with E-state index < -0.39 is 0 Å². The van der Waals surface area contributed by atoms with Gasteiger partial charge in [0.15, 0.2) is 0 Å². The molecule has 2 aromatic carbocycles. The van der Waals surface area contributed by atoms with Crippen LogP contribution in [0.3, 0.4) is 0 Å². The molecule has 0 heterocycles. The number of rotatable bonds is 5. The van der Waals surface area contributed by atoms with Gasteiger partial charge in [-0.15, -0.1) is 0 Å². The molecule has 0 amide bonds. The maximum absolute atomic E-state index is 6.12. The fraction of sp³-hybridized carbons (Fsp3) is 0.133. The second kappa shape index (κ2) is 6.98. The van der Waals surface area contributed by atoms with Gasteiger partial charge in [0.05, 0.1) is 17.2 Å². The minimum Gasteiger partial charge on any atom is -0.497 e. The monoisotopic (exact) mass is 341 g/mol. The lowest BCUT2D eigenvalue weighted by atomic mass is 10.2. The Bertz CT molecular complexity index is 677. The Balaban J connectivity index is 2.21. The first-order chi connectivity index (χ1) is 10.0. The van der Waals surface area contributed by atoms with Crippen molar-refractivity contribution in [3.05, 3.63) is 57.6 Å². The first-order valence-corrected chi connectivity index (χ1v) is 7.22. The first-order valence-electron chi connectivity index (χ1n) is 6.06. The summed E-state index contributed by atoms with van der Waals surface area (Å²) in [5, 5.41) is 0.976. The molecule has 0 spiro atoms. The molecule has 2 aromatic rings. The molecule has 6 heteroatoms. The molecular formula is C15H13Cl2NO2S. The molecule has 0 unspecified atom stereocenters. The number of nitrogens with two attached hydrogens (primary N) is 1. The number of halogens is 2. The van der Waals surface area contributed by atoms with Crippen molar-refractivity contribution in [1.82, 2.24) is 0 Å². The summed E-state index contributed by atoms with van der Waals surface area (Å²) >= 11 is 17.1. The molecule has 3 nitrogen and oxygen atoms in total. The molecule has 0 aliphatic rings. The van der Waals surface area contributed by atoms with E-state index in [1.165, 1.54) is 0 Å². The van der Waals surface area contributed by atoms with E-state index in [4.69, 9.17) is 50.6 Å². The molecule has 0 aliphatic carbocycles. The number of thiocarbonyl (C=S) groups is 1. The normalized spacial score (nSPS) is 10.2. The molecule has 0 saturated carbocycles. The third-order valence-corrected chi connectivity index (χ3v) is 3.92. The van der Waals surface area contributed by atoms with Crippen LogP contribution >= 0.6 is 35.4 Å². The van der Waals surface area contributed by atoms with Gasteiger partial charge in [-0.25, -0.2) is 0 Å². The maximum atomic E-state index is 6.12. The Hall–Kier alpha value is -1.49. The Kier molecular flexibility index (Phi) is 5.28. The molecule has 0 fully saturated rings. The smallest absolute Gasteiger partial charge is 0.124 e. The lowest BCUT2D eigenvalue weighted by Gasteiger charge is -2.11. The van der Waals surface area contributed by atoms with Gasteiger partial charge in [-0.3, -0.25) is 0 Å². The molecule has 21 heavy (non-hydrogen) atoms. The van der Waals surface area contributed by atoms with Gasteiger partial charge < -0.3 is 15.2 Å². The summed E-state index contributed by atoms with van der Waals surface area (Å²) < 4.78 is 10.9. The number of benzene rings is 2. The van der Waals surface area contributed by atoms with Crippen molar-refractivity contribution in [2.24, 2.45) is 5.73 Å². The van der Waals surface area contributed by atoms with Gasteiger partial charge in [0, 0.05) is 17.2 Å². The second-order valence-corrected chi connectivity index (χ2v) is 5.49. The largest absolute Gasteiger partial charge is 0.497 e. The average Bonchev–Trinajstić information content (AvgIpc) is 2.48. The fourth-order valence-electron chi connectivity index (χ4n) is 1.74. The summed E-state index contributed by atoms with van der Waals surface area (Å²) in [4.78, 5) is 0.277. The van der Waals surface area contributed by atoms with Crippen LogP contribution in [-0.2, 0) is 6.61 Å². The molecular weight excluding hydrogens is 329 g/mol. The van der Waals surface area contributed by atoms with Crippen molar-refractivity contribution in [3.63, 3.8) is 0 Å². The van der Waals surface area contributed by atoms with E-state index in [9.17, 15) is 0 Å². The Morgan fingerprint density at radius 1 is 1.19 bits per heavy atom. The van der Waals surface area contributed by atoms with E-state index in [1.807, 2.05) is 12.1 Å². The van der Waals surface area contributed by atoms with Crippen LogP contribution in [0.5, 0.6) is 11.5 Å². The van der Waals surface area contributed by atoms with Gasteiger partial charge in [-0.2, -0.15) is 0 Å². The summed E-state index contributed by atoms with van der Waals surface area (Å²) in [6.07, 6.45) is 0. The Morgan fingerprint density at radius 3 is 2.57 bits per heavy atom. The van der Waals surface area contributed by atoms with Gasteiger partial charge in [-0.1, -0.05) is 47.6 Å². The van der Waals surface area contributed by atoms with Gasteiger partial charge in [0.25, 0.3) is 0 Å². The highest BCUT2D eigenvalue weighted by atomic mass is 35.5. The quantitative estimate of drug-likeness (QED) is 0.827. The second-order valence-electron chi connectivity index (χ2n) is 4.26. The molecule has 2 N–H and O–H groups in total. The van der Waals surface area contributed by atoms with E-state index in [-0.39, 0.29) is 11.6 Å². The number of hydrogen-bond donors (Lipinski definition) is 1. The third-order valence-electron chi connectivity index (χ3n) is 2.83.